The number of rotatable bonds is 8. The summed E-state index contributed by atoms with van der Waals surface area (Å²) < 4.78 is 5.51. The van der Waals surface area contributed by atoms with Crippen LogP contribution in [-0.4, -0.2) is 59.5 Å². The minimum Gasteiger partial charge on any atom is -0.503 e. The number of Topliss-reactive ketones (excluding diaryl/α,β-unsaturated/α-hetero) is 1. The van der Waals surface area contributed by atoms with Crippen LogP contribution in [-0.2, 0) is 24.6 Å². The lowest BCUT2D eigenvalue weighted by Gasteiger charge is -2.55. The Morgan fingerprint density at radius 3 is 2.09 bits per heavy atom. The molecule has 6 unspecified atom stereocenters. The molecule has 14 nitrogen and oxygen atoms in total. The number of nitro groups is 2. The van der Waals surface area contributed by atoms with Crippen LogP contribution in [0.3, 0.4) is 0 Å². The zero-order valence-corrected chi connectivity index (χ0v) is 32.1. The van der Waals surface area contributed by atoms with Crippen molar-refractivity contribution in [1.29, 1.82) is 0 Å². The molecule has 4 aromatic rings. The summed E-state index contributed by atoms with van der Waals surface area (Å²) in [6.45, 7) is 0. The molecule has 0 spiro atoms. The van der Waals surface area contributed by atoms with Crippen LogP contribution in [0.2, 0.25) is 5.02 Å². The average Bonchev–Trinajstić information content (AvgIpc) is 3.47. The van der Waals surface area contributed by atoms with Gasteiger partial charge in [-0.05, 0) is 53.7 Å². The third kappa shape index (κ3) is 5.53. The van der Waals surface area contributed by atoms with Crippen molar-refractivity contribution >= 4 is 63.3 Å². The van der Waals surface area contributed by atoms with Crippen LogP contribution < -0.4 is 14.5 Å². The third-order valence-corrected chi connectivity index (χ3v) is 12.4. The van der Waals surface area contributed by atoms with Crippen molar-refractivity contribution < 1.29 is 38.9 Å². The predicted molar refractivity (Wildman–Crippen MR) is 213 cm³/mol. The number of halogens is 1. The monoisotopic (exact) mass is 802 g/mol. The van der Waals surface area contributed by atoms with E-state index in [0.29, 0.717) is 22.3 Å². The van der Waals surface area contributed by atoms with Gasteiger partial charge in [-0.3, -0.25) is 39.4 Å². The molecule has 0 radical (unpaired) electrons. The molecule has 1 saturated heterocycles. The first-order valence-electron chi connectivity index (χ1n) is 18.4. The summed E-state index contributed by atoms with van der Waals surface area (Å²) in [5.74, 6) is -7.49. The largest absolute Gasteiger partial charge is 0.503 e. The zero-order chi connectivity index (χ0) is 41.4. The van der Waals surface area contributed by atoms with E-state index in [2.05, 4.69) is 0 Å². The number of hydrogen-bond donors (Lipinski definition) is 1. The number of phenolic OH excluding ortho intramolecular Hbond substituents is 1. The molecule has 8 rings (SSSR count). The second-order valence-corrected chi connectivity index (χ2v) is 15.5. The Balaban J connectivity index is 1.35. The second kappa shape index (κ2) is 14.1. The Morgan fingerprint density at radius 1 is 0.879 bits per heavy atom. The Bertz CT molecular complexity index is 2500. The first-order chi connectivity index (χ1) is 27.7. The van der Waals surface area contributed by atoms with Gasteiger partial charge in [0.2, 0.25) is 11.8 Å². The van der Waals surface area contributed by atoms with E-state index in [0.717, 1.165) is 17.0 Å². The van der Waals surface area contributed by atoms with Crippen LogP contribution in [0.4, 0.5) is 22.7 Å². The fourth-order valence-corrected chi connectivity index (χ4v) is 10.1. The SMILES string of the molecule is COc1cc(C2C3=CCC4C(=O)N(c5cc([N+](=O)[O-])c(N(C)C)c([N+](=O)[O-])c5)C(=O)C4C3CC3C(=O)C(c4ccccc4)=CC(=O)C32c2ccccc2)cc(Cl)c1O. The van der Waals surface area contributed by atoms with Gasteiger partial charge < -0.3 is 14.7 Å². The smallest absolute Gasteiger partial charge is 0.301 e. The number of hydrogen-bond acceptors (Lipinski definition) is 11. The molecular weight excluding hydrogens is 768 g/mol. The number of benzene rings is 4. The molecule has 0 aromatic heterocycles. The second-order valence-electron chi connectivity index (χ2n) is 15.1. The molecule has 1 saturated carbocycles. The highest BCUT2D eigenvalue weighted by molar-refractivity contribution is 6.33. The van der Waals surface area contributed by atoms with Crippen LogP contribution in [0.1, 0.15) is 35.4 Å². The number of nitrogens with zero attached hydrogens (tertiary/aromatic N) is 4. The highest BCUT2D eigenvalue weighted by Crippen LogP contribution is 2.64. The van der Waals surface area contributed by atoms with Crippen molar-refractivity contribution in [2.45, 2.75) is 24.2 Å². The van der Waals surface area contributed by atoms with Gasteiger partial charge >= 0.3 is 11.4 Å². The molecule has 4 aromatic carbocycles. The van der Waals surface area contributed by atoms with E-state index in [1.54, 1.807) is 66.7 Å². The molecule has 2 fully saturated rings. The van der Waals surface area contributed by atoms with E-state index in [1.165, 1.54) is 38.2 Å². The molecule has 2 amide bonds. The topological polar surface area (TPSA) is 190 Å². The summed E-state index contributed by atoms with van der Waals surface area (Å²) in [5, 5.41) is 35.3. The number of aromatic hydroxyl groups is 1. The van der Waals surface area contributed by atoms with Crippen LogP contribution in [0, 0.1) is 43.9 Å². The van der Waals surface area contributed by atoms with Crippen LogP contribution in [0.5, 0.6) is 11.5 Å². The van der Waals surface area contributed by atoms with Crippen LogP contribution in [0.15, 0.2) is 103 Å². The number of ketones is 2. The summed E-state index contributed by atoms with van der Waals surface area (Å²) in [6.07, 6.45) is 3.17. The van der Waals surface area contributed by atoms with Gasteiger partial charge in [-0.25, -0.2) is 4.90 Å². The molecule has 58 heavy (non-hydrogen) atoms. The van der Waals surface area contributed by atoms with E-state index in [-0.39, 0.29) is 57.9 Å². The maximum Gasteiger partial charge on any atom is 0.301 e. The maximum atomic E-state index is 15.3. The molecule has 1 aliphatic heterocycles. The number of allylic oxidation sites excluding steroid dienone is 4. The maximum absolute atomic E-state index is 15.3. The molecule has 3 aliphatic carbocycles. The number of fused-ring (bicyclic) bond motifs is 4. The van der Waals surface area contributed by atoms with Gasteiger partial charge in [0.15, 0.2) is 28.8 Å². The van der Waals surface area contributed by atoms with E-state index < -0.39 is 68.0 Å². The Labute approximate surface area is 336 Å². The Hall–Kier alpha value is -6.67. The molecule has 1 heterocycles. The van der Waals surface area contributed by atoms with E-state index in [9.17, 15) is 34.9 Å². The number of anilines is 2. The van der Waals surface area contributed by atoms with Gasteiger partial charge in [0.05, 0.1) is 44.9 Å². The van der Waals surface area contributed by atoms with Crippen molar-refractivity contribution in [1.82, 2.24) is 0 Å². The highest BCUT2D eigenvalue weighted by Gasteiger charge is 2.66. The van der Waals surface area contributed by atoms with Crippen molar-refractivity contribution in [3.63, 3.8) is 0 Å². The molecule has 294 valence electrons. The van der Waals surface area contributed by atoms with Crippen LogP contribution >= 0.6 is 11.6 Å². The van der Waals surface area contributed by atoms with E-state index >= 15 is 9.59 Å². The number of methoxy groups -OCH3 is 1. The summed E-state index contributed by atoms with van der Waals surface area (Å²) >= 11 is 6.63. The first kappa shape index (κ1) is 38.2. The van der Waals surface area contributed by atoms with Crippen LogP contribution in [0.25, 0.3) is 5.57 Å². The number of carbonyl (C=O) groups excluding carboxylic acids is 4. The van der Waals surface area contributed by atoms with Gasteiger partial charge in [-0.15, -0.1) is 0 Å². The average molecular weight is 803 g/mol. The van der Waals surface area contributed by atoms with Gasteiger partial charge in [-0.2, -0.15) is 0 Å². The molecule has 0 bridgehead atoms. The quantitative estimate of drug-likeness (QED) is 0.0838. The lowest BCUT2D eigenvalue weighted by Crippen LogP contribution is -2.58. The standard InChI is InChI=1S/C43H35ClN4O10/c1-45(2)38-32(47(54)55)18-25(19-33(38)48(56)57)46-41(52)27-15-14-26-29(36(27)42(46)53)20-30-39(50)28(22-10-6-4-7-11-22)21-35(49)43(30,24-12-8-5-9-13-24)37(26)23-16-31(44)40(51)34(17-23)58-3/h4-14,16-19,21,27,29-30,36-37,51H,15,20H2,1-3H3. The lowest BCUT2D eigenvalue weighted by atomic mass is 9.44. The molecule has 1 N–H and O–H groups in total. The zero-order valence-electron chi connectivity index (χ0n) is 31.3. The van der Waals surface area contributed by atoms with Gasteiger partial charge in [-0.1, -0.05) is 83.9 Å². The number of nitro benzene ring substituents is 2. The molecular formula is C43H35ClN4O10. The fourth-order valence-electron chi connectivity index (χ4n) is 9.88. The Kier molecular flexibility index (Phi) is 9.26. The summed E-state index contributed by atoms with van der Waals surface area (Å²) in [6, 6.07) is 22.7. The normalized spacial score (nSPS) is 25.0. The predicted octanol–water partition coefficient (Wildman–Crippen LogP) is 6.97. The summed E-state index contributed by atoms with van der Waals surface area (Å²) in [7, 11) is 4.16. The van der Waals surface area contributed by atoms with Gasteiger partial charge in [0.25, 0.3) is 0 Å². The molecule has 15 heteroatoms. The third-order valence-electron chi connectivity index (χ3n) is 12.1. The van der Waals surface area contributed by atoms with E-state index in [4.69, 9.17) is 16.3 Å². The summed E-state index contributed by atoms with van der Waals surface area (Å²) in [4.78, 5) is 84.6. The molecule has 4 aliphatic rings. The summed E-state index contributed by atoms with van der Waals surface area (Å²) in [5.41, 5.74) is -1.30. The lowest BCUT2D eigenvalue weighted by molar-refractivity contribution is -0.392. The van der Waals surface area contributed by atoms with Gasteiger partial charge in [0, 0.05) is 43.6 Å². The number of ether oxygens (including phenoxy) is 1. The minimum absolute atomic E-state index is 0.0106. The minimum atomic E-state index is -1.59. The fraction of sp³-hybridized carbons (Fsp3) is 0.256. The first-order valence-corrected chi connectivity index (χ1v) is 18.8. The number of carbonyl (C=O) groups is 4. The molecule has 6 atom stereocenters. The number of phenols is 1. The van der Waals surface area contributed by atoms with Gasteiger partial charge in [0.1, 0.15) is 0 Å². The van der Waals surface area contributed by atoms with Crippen molar-refractivity contribution in [3.05, 3.63) is 145 Å². The van der Waals surface area contributed by atoms with Crippen molar-refractivity contribution in [3.8, 4) is 11.5 Å². The van der Waals surface area contributed by atoms with E-state index in [1.807, 2.05) is 6.08 Å². The van der Waals surface area contributed by atoms with Crippen molar-refractivity contribution in [2.24, 2.45) is 23.7 Å². The van der Waals surface area contributed by atoms with Crippen molar-refractivity contribution in [2.75, 3.05) is 31.0 Å². The Morgan fingerprint density at radius 2 is 1.50 bits per heavy atom. The number of amides is 2. The highest BCUT2D eigenvalue weighted by atomic mass is 35.5. The number of imide groups is 1.